The van der Waals surface area contributed by atoms with Crippen molar-refractivity contribution in [1.29, 1.82) is 0 Å². The summed E-state index contributed by atoms with van der Waals surface area (Å²) >= 11 is 0. The van der Waals surface area contributed by atoms with Crippen LogP contribution in [0.15, 0.2) is 0 Å². The summed E-state index contributed by atoms with van der Waals surface area (Å²) in [6.07, 6.45) is 4.54. The van der Waals surface area contributed by atoms with E-state index in [9.17, 15) is 0 Å². The van der Waals surface area contributed by atoms with Crippen molar-refractivity contribution < 1.29 is 0 Å². The van der Waals surface area contributed by atoms with Gasteiger partial charge in [-0.05, 0) is 30.6 Å². The first kappa shape index (κ1) is 8.25. The van der Waals surface area contributed by atoms with E-state index in [4.69, 9.17) is 0 Å². The second-order valence-corrected chi connectivity index (χ2v) is 5.19. The van der Waals surface area contributed by atoms with Crippen molar-refractivity contribution >= 4 is 0 Å². The summed E-state index contributed by atoms with van der Waals surface area (Å²) in [6, 6.07) is 0. The van der Waals surface area contributed by atoms with Gasteiger partial charge in [-0.25, -0.2) is 0 Å². The highest BCUT2D eigenvalue weighted by molar-refractivity contribution is 4.90. The van der Waals surface area contributed by atoms with Crippen molar-refractivity contribution in [2.24, 2.45) is 17.8 Å². The van der Waals surface area contributed by atoms with E-state index in [2.05, 4.69) is 10.2 Å². The minimum Gasteiger partial charge on any atom is -0.316 e. The third-order valence-electron chi connectivity index (χ3n) is 4.18. The summed E-state index contributed by atoms with van der Waals surface area (Å²) in [5.41, 5.74) is 0. The SMILES string of the molecule is C1CC2CN(CC3CNC3)CC2C1. The molecule has 0 aromatic carbocycles. The van der Waals surface area contributed by atoms with E-state index in [-0.39, 0.29) is 0 Å². The van der Waals surface area contributed by atoms with Gasteiger partial charge in [0.1, 0.15) is 0 Å². The van der Waals surface area contributed by atoms with Gasteiger partial charge in [0.25, 0.3) is 0 Å². The highest BCUT2D eigenvalue weighted by Gasteiger charge is 2.36. The minimum absolute atomic E-state index is 0.971. The van der Waals surface area contributed by atoms with E-state index in [0.29, 0.717) is 0 Å². The van der Waals surface area contributed by atoms with Crippen molar-refractivity contribution in [1.82, 2.24) is 10.2 Å². The number of rotatable bonds is 2. The lowest BCUT2D eigenvalue weighted by Crippen LogP contribution is -2.48. The average Bonchev–Trinajstić information content (AvgIpc) is 2.54. The quantitative estimate of drug-likeness (QED) is 0.680. The summed E-state index contributed by atoms with van der Waals surface area (Å²) in [7, 11) is 0. The maximum atomic E-state index is 3.36. The van der Waals surface area contributed by atoms with Gasteiger partial charge in [-0.2, -0.15) is 0 Å². The Morgan fingerprint density at radius 2 is 1.77 bits per heavy atom. The molecule has 2 saturated heterocycles. The lowest BCUT2D eigenvalue weighted by molar-refractivity contribution is 0.213. The van der Waals surface area contributed by atoms with Crippen LogP contribution in [0.4, 0.5) is 0 Å². The Labute approximate surface area is 80.7 Å². The topological polar surface area (TPSA) is 15.3 Å². The lowest BCUT2D eigenvalue weighted by Gasteiger charge is -2.31. The van der Waals surface area contributed by atoms with Crippen LogP contribution in [-0.2, 0) is 0 Å². The van der Waals surface area contributed by atoms with Gasteiger partial charge < -0.3 is 10.2 Å². The zero-order valence-electron chi connectivity index (χ0n) is 8.34. The van der Waals surface area contributed by atoms with Gasteiger partial charge in [0, 0.05) is 32.7 Å². The summed E-state index contributed by atoms with van der Waals surface area (Å²) in [5.74, 6) is 3.12. The molecule has 3 fully saturated rings. The molecular weight excluding hydrogens is 160 g/mol. The van der Waals surface area contributed by atoms with Crippen LogP contribution in [0.25, 0.3) is 0 Å². The van der Waals surface area contributed by atoms with Crippen molar-refractivity contribution in [2.45, 2.75) is 19.3 Å². The predicted molar refractivity (Wildman–Crippen MR) is 53.6 cm³/mol. The van der Waals surface area contributed by atoms with Gasteiger partial charge in [-0.3, -0.25) is 0 Å². The number of fused-ring (bicyclic) bond motifs is 1. The first-order valence-electron chi connectivity index (χ1n) is 5.85. The Hall–Kier alpha value is -0.0800. The number of nitrogens with zero attached hydrogens (tertiary/aromatic N) is 1. The highest BCUT2D eigenvalue weighted by atomic mass is 15.2. The molecule has 0 aromatic heterocycles. The maximum Gasteiger partial charge on any atom is 0.00342 e. The molecule has 2 atom stereocenters. The summed E-state index contributed by atoms with van der Waals surface area (Å²) < 4.78 is 0. The Morgan fingerprint density at radius 3 is 2.31 bits per heavy atom. The standard InChI is InChI=1S/C11H20N2/c1-2-10-7-13(8-11(10)3-1)6-9-4-12-5-9/h9-12H,1-8H2. The maximum absolute atomic E-state index is 3.36. The largest absolute Gasteiger partial charge is 0.316 e. The molecule has 2 nitrogen and oxygen atoms in total. The lowest BCUT2D eigenvalue weighted by atomic mass is 10.0. The molecule has 3 aliphatic rings. The molecule has 1 saturated carbocycles. The Balaban J connectivity index is 1.51. The third-order valence-corrected chi connectivity index (χ3v) is 4.18. The van der Waals surface area contributed by atoms with Gasteiger partial charge >= 0.3 is 0 Å². The second kappa shape index (κ2) is 3.25. The van der Waals surface area contributed by atoms with Crippen molar-refractivity contribution in [3.8, 4) is 0 Å². The van der Waals surface area contributed by atoms with Crippen LogP contribution in [0, 0.1) is 17.8 Å². The molecule has 0 spiro atoms. The average molecular weight is 180 g/mol. The molecule has 2 unspecified atom stereocenters. The van der Waals surface area contributed by atoms with E-state index in [1.54, 1.807) is 0 Å². The first-order chi connectivity index (χ1) is 6.42. The fourth-order valence-corrected chi connectivity index (χ4v) is 3.32. The first-order valence-corrected chi connectivity index (χ1v) is 5.85. The van der Waals surface area contributed by atoms with Gasteiger partial charge in [-0.1, -0.05) is 6.42 Å². The van der Waals surface area contributed by atoms with Crippen LogP contribution in [0.2, 0.25) is 0 Å². The van der Waals surface area contributed by atoms with Crippen LogP contribution < -0.4 is 5.32 Å². The van der Waals surface area contributed by atoms with Gasteiger partial charge in [0.15, 0.2) is 0 Å². The molecule has 0 aromatic rings. The molecule has 2 heteroatoms. The van der Waals surface area contributed by atoms with Crippen molar-refractivity contribution in [3.63, 3.8) is 0 Å². The van der Waals surface area contributed by atoms with Crippen LogP contribution in [-0.4, -0.2) is 37.6 Å². The molecule has 74 valence electrons. The monoisotopic (exact) mass is 180 g/mol. The Kier molecular flexibility index (Phi) is 2.06. The third kappa shape index (κ3) is 1.50. The number of hydrogen-bond acceptors (Lipinski definition) is 2. The molecule has 13 heavy (non-hydrogen) atoms. The fourth-order valence-electron chi connectivity index (χ4n) is 3.32. The van der Waals surface area contributed by atoms with E-state index in [1.807, 2.05) is 0 Å². The number of nitrogens with one attached hydrogen (secondary N) is 1. The Morgan fingerprint density at radius 1 is 1.08 bits per heavy atom. The molecule has 0 amide bonds. The number of hydrogen-bond donors (Lipinski definition) is 1. The number of likely N-dealkylation sites (tertiary alicyclic amines) is 1. The highest BCUT2D eigenvalue weighted by Crippen LogP contribution is 2.37. The molecule has 3 rings (SSSR count). The van der Waals surface area contributed by atoms with Crippen LogP contribution in [0.5, 0.6) is 0 Å². The zero-order valence-corrected chi connectivity index (χ0v) is 8.34. The Bertz CT molecular complexity index is 174. The molecule has 2 aliphatic heterocycles. The fraction of sp³-hybridized carbons (Fsp3) is 1.00. The summed E-state index contributed by atoms with van der Waals surface area (Å²) in [4.78, 5) is 2.72. The molecule has 2 heterocycles. The van der Waals surface area contributed by atoms with E-state index >= 15 is 0 Å². The molecule has 1 aliphatic carbocycles. The molecule has 1 N–H and O–H groups in total. The van der Waals surface area contributed by atoms with Gasteiger partial charge in [0.05, 0.1) is 0 Å². The molecule has 0 radical (unpaired) electrons. The smallest absolute Gasteiger partial charge is 0.00342 e. The van der Waals surface area contributed by atoms with E-state index < -0.39 is 0 Å². The predicted octanol–water partition coefficient (Wildman–Crippen LogP) is 0.938. The van der Waals surface area contributed by atoms with Gasteiger partial charge in [-0.15, -0.1) is 0 Å². The summed E-state index contributed by atoms with van der Waals surface area (Å²) in [5, 5.41) is 3.36. The molecule has 0 bridgehead atoms. The van der Waals surface area contributed by atoms with E-state index in [0.717, 1.165) is 17.8 Å². The van der Waals surface area contributed by atoms with Crippen LogP contribution >= 0.6 is 0 Å². The minimum atomic E-state index is 0.971. The molecular formula is C11H20N2. The van der Waals surface area contributed by atoms with E-state index in [1.165, 1.54) is 52.0 Å². The second-order valence-electron chi connectivity index (χ2n) is 5.19. The van der Waals surface area contributed by atoms with Crippen LogP contribution in [0.3, 0.4) is 0 Å². The summed E-state index contributed by atoms with van der Waals surface area (Å²) in [6.45, 7) is 6.75. The zero-order chi connectivity index (χ0) is 8.67. The van der Waals surface area contributed by atoms with Crippen molar-refractivity contribution in [2.75, 3.05) is 32.7 Å². The van der Waals surface area contributed by atoms with Gasteiger partial charge in [0.2, 0.25) is 0 Å². The van der Waals surface area contributed by atoms with Crippen LogP contribution in [0.1, 0.15) is 19.3 Å². The normalized spacial score (nSPS) is 40.6. The van der Waals surface area contributed by atoms with Crippen molar-refractivity contribution in [3.05, 3.63) is 0 Å².